The SMILES string of the molecule is CC/C=C/[C@@H]1C[C@]1(CCCC)OC. The molecule has 1 heteroatoms. The Bertz CT molecular complexity index is 174. The summed E-state index contributed by atoms with van der Waals surface area (Å²) < 4.78 is 5.61. The molecular formula is C12H22O. The Morgan fingerprint density at radius 2 is 2.23 bits per heavy atom. The summed E-state index contributed by atoms with van der Waals surface area (Å²) in [7, 11) is 1.86. The number of hydrogen-bond acceptors (Lipinski definition) is 1. The van der Waals surface area contributed by atoms with Gasteiger partial charge in [0.05, 0.1) is 5.60 Å². The van der Waals surface area contributed by atoms with E-state index in [1.165, 1.54) is 25.7 Å². The van der Waals surface area contributed by atoms with Gasteiger partial charge in [0.2, 0.25) is 0 Å². The molecule has 1 fully saturated rings. The van der Waals surface area contributed by atoms with Gasteiger partial charge in [0.1, 0.15) is 0 Å². The van der Waals surface area contributed by atoms with Crippen LogP contribution in [0.1, 0.15) is 46.0 Å². The van der Waals surface area contributed by atoms with Gasteiger partial charge in [0, 0.05) is 13.0 Å². The van der Waals surface area contributed by atoms with Crippen molar-refractivity contribution in [2.24, 2.45) is 5.92 Å². The highest BCUT2D eigenvalue weighted by Gasteiger charge is 2.52. The predicted octanol–water partition coefficient (Wildman–Crippen LogP) is 3.55. The minimum atomic E-state index is 0.224. The summed E-state index contributed by atoms with van der Waals surface area (Å²) in [5.74, 6) is 0.698. The van der Waals surface area contributed by atoms with Gasteiger partial charge in [-0.05, 0) is 19.3 Å². The van der Waals surface area contributed by atoms with E-state index in [9.17, 15) is 0 Å². The van der Waals surface area contributed by atoms with Crippen LogP contribution in [0.3, 0.4) is 0 Å². The Morgan fingerprint density at radius 3 is 2.77 bits per heavy atom. The van der Waals surface area contributed by atoms with Gasteiger partial charge in [0.15, 0.2) is 0 Å². The molecular weight excluding hydrogens is 160 g/mol. The van der Waals surface area contributed by atoms with Crippen molar-refractivity contribution in [1.29, 1.82) is 0 Å². The van der Waals surface area contributed by atoms with Crippen LogP contribution < -0.4 is 0 Å². The average Bonchev–Trinajstić information content (AvgIpc) is 2.86. The quantitative estimate of drug-likeness (QED) is 0.571. The lowest BCUT2D eigenvalue weighted by atomic mass is 10.1. The van der Waals surface area contributed by atoms with Gasteiger partial charge in [-0.15, -0.1) is 0 Å². The van der Waals surface area contributed by atoms with Crippen LogP contribution >= 0.6 is 0 Å². The standard InChI is InChI=1S/C12H22O/c1-4-6-8-11-10-12(11,13-3)9-7-5-2/h6,8,11H,4-5,7,9-10H2,1-3H3/b8-6+/t11-,12+/m1/s1. The van der Waals surface area contributed by atoms with E-state index in [0.29, 0.717) is 5.92 Å². The Hall–Kier alpha value is -0.300. The third kappa shape index (κ3) is 2.57. The van der Waals surface area contributed by atoms with Crippen LogP contribution in [0.5, 0.6) is 0 Å². The van der Waals surface area contributed by atoms with E-state index in [1.807, 2.05) is 7.11 Å². The molecule has 0 heterocycles. The molecule has 0 unspecified atom stereocenters. The summed E-state index contributed by atoms with van der Waals surface area (Å²) in [5.41, 5.74) is 0.224. The molecule has 0 aliphatic heterocycles. The molecule has 1 saturated carbocycles. The number of allylic oxidation sites excluding steroid dienone is 1. The summed E-state index contributed by atoms with van der Waals surface area (Å²) >= 11 is 0. The van der Waals surface area contributed by atoms with Crippen molar-refractivity contribution in [2.75, 3.05) is 7.11 Å². The molecule has 13 heavy (non-hydrogen) atoms. The van der Waals surface area contributed by atoms with Crippen LogP contribution in [0.25, 0.3) is 0 Å². The van der Waals surface area contributed by atoms with Crippen LogP contribution in [0.4, 0.5) is 0 Å². The van der Waals surface area contributed by atoms with Gasteiger partial charge in [-0.25, -0.2) is 0 Å². The zero-order valence-corrected chi connectivity index (χ0v) is 9.18. The van der Waals surface area contributed by atoms with Crippen LogP contribution in [0.15, 0.2) is 12.2 Å². The van der Waals surface area contributed by atoms with Crippen molar-refractivity contribution in [1.82, 2.24) is 0 Å². The number of unbranched alkanes of at least 4 members (excludes halogenated alkanes) is 1. The second kappa shape index (κ2) is 4.80. The average molecular weight is 182 g/mol. The van der Waals surface area contributed by atoms with Crippen molar-refractivity contribution >= 4 is 0 Å². The predicted molar refractivity (Wildman–Crippen MR) is 56.8 cm³/mol. The summed E-state index contributed by atoms with van der Waals surface area (Å²) in [4.78, 5) is 0. The highest BCUT2D eigenvalue weighted by atomic mass is 16.5. The van der Waals surface area contributed by atoms with Crippen molar-refractivity contribution < 1.29 is 4.74 Å². The molecule has 2 atom stereocenters. The first kappa shape index (κ1) is 10.8. The number of ether oxygens (including phenoxy) is 1. The van der Waals surface area contributed by atoms with Crippen molar-refractivity contribution in [3.05, 3.63) is 12.2 Å². The smallest absolute Gasteiger partial charge is 0.0748 e. The van der Waals surface area contributed by atoms with Gasteiger partial charge in [-0.2, -0.15) is 0 Å². The molecule has 1 aliphatic carbocycles. The monoisotopic (exact) mass is 182 g/mol. The van der Waals surface area contributed by atoms with Gasteiger partial charge < -0.3 is 4.74 Å². The molecule has 0 aromatic carbocycles. The molecule has 0 saturated heterocycles. The first-order chi connectivity index (χ1) is 6.29. The maximum Gasteiger partial charge on any atom is 0.0748 e. The fourth-order valence-electron chi connectivity index (χ4n) is 1.96. The van der Waals surface area contributed by atoms with Crippen LogP contribution in [-0.2, 0) is 4.74 Å². The molecule has 0 aromatic heterocycles. The van der Waals surface area contributed by atoms with Gasteiger partial charge in [0.25, 0.3) is 0 Å². The van der Waals surface area contributed by atoms with E-state index >= 15 is 0 Å². The minimum Gasteiger partial charge on any atom is -0.378 e. The van der Waals surface area contributed by atoms with Crippen molar-refractivity contribution in [3.63, 3.8) is 0 Å². The highest BCUT2D eigenvalue weighted by molar-refractivity contribution is 5.14. The summed E-state index contributed by atoms with van der Waals surface area (Å²) in [6.07, 6.45) is 10.8. The van der Waals surface area contributed by atoms with E-state index in [4.69, 9.17) is 4.74 Å². The second-order valence-electron chi connectivity index (χ2n) is 4.02. The molecule has 1 nitrogen and oxygen atoms in total. The van der Waals surface area contributed by atoms with Gasteiger partial charge >= 0.3 is 0 Å². The van der Waals surface area contributed by atoms with E-state index in [-0.39, 0.29) is 5.60 Å². The first-order valence-corrected chi connectivity index (χ1v) is 5.51. The van der Waals surface area contributed by atoms with E-state index < -0.39 is 0 Å². The molecule has 0 bridgehead atoms. The van der Waals surface area contributed by atoms with E-state index in [0.717, 1.165) is 6.42 Å². The molecule has 1 rings (SSSR count). The summed E-state index contributed by atoms with van der Waals surface area (Å²) in [5, 5.41) is 0. The van der Waals surface area contributed by atoms with Crippen LogP contribution in [0, 0.1) is 5.92 Å². The van der Waals surface area contributed by atoms with Crippen LogP contribution in [0.2, 0.25) is 0 Å². The first-order valence-electron chi connectivity index (χ1n) is 5.51. The topological polar surface area (TPSA) is 9.23 Å². The fourth-order valence-corrected chi connectivity index (χ4v) is 1.96. The second-order valence-corrected chi connectivity index (χ2v) is 4.02. The molecule has 76 valence electrons. The molecule has 1 aliphatic rings. The maximum atomic E-state index is 5.61. The fraction of sp³-hybridized carbons (Fsp3) is 0.833. The maximum absolute atomic E-state index is 5.61. The van der Waals surface area contributed by atoms with Gasteiger partial charge in [-0.3, -0.25) is 0 Å². The summed E-state index contributed by atoms with van der Waals surface area (Å²) in [6, 6.07) is 0. The Balaban J connectivity index is 2.34. The van der Waals surface area contributed by atoms with Crippen molar-refractivity contribution in [3.8, 4) is 0 Å². The Morgan fingerprint density at radius 1 is 1.46 bits per heavy atom. The van der Waals surface area contributed by atoms with Crippen LogP contribution in [-0.4, -0.2) is 12.7 Å². The Labute approximate surface area is 82.2 Å². The van der Waals surface area contributed by atoms with E-state index in [1.54, 1.807) is 0 Å². The zero-order valence-electron chi connectivity index (χ0n) is 9.18. The van der Waals surface area contributed by atoms with Gasteiger partial charge in [-0.1, -0.05) is 38.8 Å². The lowest BCUT2D eigenvalue weighted by Crippen LogP contribution is -2.14. The normalized spacial score (nSPS) is 32.7. The third-order valence-corrected chi connectivity index (χ3v) is 3.05. The van der Waals surface area contributed by atoms with Crippen molar-refractivity contribution in [2.45, 2.75) is 51.6 Å². The summed E-state index contributed by atoms with van der Waals surface area (Å²) in [6.45, 7) is 4.42. The zero-order chi connectivity index (χ0) is 9.73. The lowest BCUT2D eigenvalue weighted by molar-refractivity contribution is 0.0617. The molecule has 0 radical (unpaired) electrons. The number of methoxy groups -OCH3 is 1. The molecule has 0 aromatic rings. The van der Waals surface area contributed by atoms with E-state index in [2.05, 4.69) is 26.0 Å². The number of hydrogen-bond donors (Lipinski definition) is 0. The largest absolute Gasteiger partial charge is 0.378 e. The molecule has 0 spiro atoms. The Kier molecular flexibility index (Phi) is 3.98. The third-order valence-electron chi connectivity index (χ3n) is 3.05. The highest BCUT2D eigenvalue weighted by Crippen LogP contribution is 2.50. The molecule has 0 N–H and O–H groups in total. The number of rotatable bonds is 6. The molecule has 0 amide bonds. The lowest BCUT2D eigenvalue weighted by Gasteiger charge is -2.13. The minimum absolute atomic E-state index is 0.224.